The van der Waals surface area contributed by atoms with Crippen LogP contribution in [0.25, 0.3) is 11.2 Å². The number of imidazole rings is 1. The van der Waals surface area contributed by atoms with Crippen LogP contribution in [0.2, 0.25) is 5.02 Å². The molecule has 2 aromatic heterocycles. The van der Waals surface area contributed by atoms with Crippen molar-refractivity contribution in [2.75, 3.05) is 11.9 Å². The molecule has 0 amide bonds. The number of benzene rings is 1. The zero-order valence-electron chi connectivity index (χ0n) is 16.1. The molecule has 0 aliphatic rings. The van der Waals surface area contributed by atoms with E-state index >= 15 is 0 Å². The Balaban J connectivity index is 1.92. The number of aliphatic carboxylic acids is 1. The van der Waals surface area contributed by atoms with E-state index in [1.54, 1.807) is 24.3 Å². The van der Waals surface area contributed by atoms with E-state index in [1.807, 2.05) is 0 Å². The summed E-state index contributed by atoms with van der Waals surface area (Å²) in [6.07, 6.45) is -1.07. The summed E-state index contributed by atoms with van der Waals surface area (Å²) in [4.78, 5) is 41.9. The van der Waals surface area contributed by atoms with E-state index in [-0.39, 0.29) is 30.3 Å². The molecule has 4 N–H and O–H groups in total. The van der Waals surface area contributed by atoms with E-state index in [2.05, 4.69) is 15.3 Å². The number of aryl methyl sites for hydroxylation is 1. The van der Waals surface area contributed by atoms with Crippen molar-refractivity contribution in [1.29, 1.82) is 0 Å². The third-order valence-electron chi connectivity index (χ3n) is 4.37. The molecule has 0 bridgehead atoms. The number of nitrogens with one attached hydrogen (secondary N) is 2. The zero-order valence-corrected chi connectivity index (χ0v) is 16.9. The first kappa shape index (κ1) is 21.4. The van der Waals surface area contributed by atoms with Crippen molar-refractivity contribution in [2.24, 2.45) is 7.05 Å². The normalized spacial score (nSPS) is 13.2. The number of nitrogens with zero attached hydrogens (tertiary/aromatic N) is 3. The van der Waals surface area contributed by atoms with Crippen LogP contribution in [0.4, 0.5) is 5.95 Å². The van der Waals surface area contributed by atoms with Gasteiger partial charge in [-0.3, -0.25) is 19.1 Å². The van der Waals surface area contributed by atoms with Gasteiger partial charge in [0.15, 0.2) is 11.2 Å². The Morgan fingerprint density at radius 1 is 1.33 bits per heavy atom. The second kappa shape index (κ2) is 8.59. The quantitative estimate of drug-likeness (QED) is 0.395. The first-order valence-corrected chi connectivity index (χ1v) is 9.30. The van der Waals surface area contributed by atoms with Crippen LogP contribution in [0.15, 0.2) is 33.9 Å². The number of carboxylic acids is 1. The molecule has 12 heteroatoms. The number of hydrogen-bond donors (Lipinski definition) is 4. The Bertz CT molecular complexity index is 1180. The molecule has 0 spiro atoms. The number of anilines is 1. The van der Waals surface area contributed by atoms with E-state index < -0.39 is 29.4 Å². The Labute approximate surface area is 174 Å². The van der Waals surface area contributed by atoms with Gasteiger partial charge in [0.25, 0.3) is 5.56 Å². The maximum absolute atomic E-state index is 12.4. The molecule has 3 rings (SSSR count). The number of ether oxygens (including phenoxy) is 1. The van der Waals surface area contributed by atoms with Gasteiger partial charge >= 0.3 is 11.7 Å². The Morgan fingerprint density at radius 3 is 2.63 bits per heavy atom. The molecular formula is C18H20ClN5O6. The van der Waals surface area contributed by atoms with Crippen LogP contribution in [0.1, 0.15) is 6.92 Å². The van der Waals surface area contributed by atoms with Crippen molar-refractivity contribution in [3.63, 3.8) is 0 Å². The maximum atomic E-state index is 12.4. The number of aromatic amines is 1. The van der Waals surface area contributed by atoms with Gasteiger partial charge in [-0.25, -0.2) is 4.79 Å². The lowest BCUT2D eigenvalue weighted by molar-refractivity contribution is -0.137. The highest BCUT2D eigenvalue weighted by molar-refractivity contribution is 6.30. The summed E-state index contributed by atoms with van der Waals surface area (Å²) in [6.45, 7) is 1.15. The highest BCUT2D eigenvalue weighted by Crippen LogP contribution is 2.18. The van der Waals surface area contributed by atoms with E-state index in [1.165, 1.54) is 18.5 Å². The molecule has 0 saturated heterocycles. The van der Waals surface area contributed by atoms with Crippen molar-refractivity contribution in [3.05, 3.63) is 50.1 Å². The van der Waals surface area contributed by atoms with E-state index in [0.717, 1.165) is 4.57 Å². The van der Waals surface area contributed by atoms with Gasteiger partial charge in [-0.05, 0) is 31.2 Å². The summed E-state index contributed by atoms with van der Waals surface area (Å²) in [5.41, 5.74) is -1.30. The number of halogens is 1. The zero-order chi connectivity index (χ0) is 22.0. The number of H-pyrrole nitrogens is 1. The van der Waals surface area contributed by atoms with Crippen LogP contribution in [-0.2, 0) is 18.4 Å². The number of rotatable bonds is 8. The minimum absolute atomic E-state index is 0.0164. The minimum Gasteiger partial charge on any atom is -0.491 e. The second-order valence-corrected chi connectivity index (χ2v) is 7.10. The molecule has 1 aromatic carbocycles. The van der Waals surface area contributed by atoms with Crippen molar-refractivity contribution in [3.8, 4) is 5.75 Å². The number of hydrogen-bond acceptors (Lipinski definition) is 7. The second-order valence-electron chi connectivity index (χ2n) is 6.66. The van der Waals surface area contributed by atoms with Gasteiger partial charge in [-0.15, -0.1) is 0 Å². The topological polar surface area (TPSA) is 151 Å². The summed E-state index contributed by atoms with van der Waals surface area (Å²) in [5.74, 6) is -0.618. The van der Waals surface area contributed by atoms with Crippen molar-refractivity contribution in [2.45, 2.75) is 25.6 Å². The molecule has 0 aliphatic carbocycles. The summed E-state index contributed by atoms with van der Waals surface area (Å²) in [5, 5.41) is 22.8. The fourth-order valence-corrected chi connectivity index (χ4v) is 2.89. The van der Waals surface area contributed by atoms with Crippen LogP contribution in [0.5, 0.6) is 5.75 Å². The van der Waals surface area contributed by atoms with Crippen molar-refractivity contribution in [1.82, 2.24) is 19.1 Å². The SMILES string of the molecule is CC(Nc1nc2c(c(=O)[nH]c(=O)n2C)n1CC(O)COc1ccc(Cl)cc1)C(=O)O. The molecule has 0 saturated carbocycles. The molecule has 160 valence electrons. The van der Waals surface area contributed by atoms with Gasteiger partial charge in [0, 0.05) is 12.1 Å². The van der Waals surface area contributed by atoms with Gasteiger partial charge in [0.05, 0.1) is 6.54 Å². The molecule has 2 heterocycles. The Hall–Kier alpha value is -3.31. The van der Waals surface area contributed by atoms with Gasteiger partial charge in [0.2, 0.25) is 5.95 Å². The minimum atomic E-state index is -1.14. The molecule has 0 aliphatic heterocycles. The van der Waals surface area contributed by atoms with Gasteiger partial charge < -0.3 is 24.8 Å². The third kappa shape index (κ3) is 4.47. The van der Waals surface area contributed by atoms with Crippen molar-refractivity contribution < 1.29 is 19.7 Å². The van der Waals surface area contributed by atoms with Crippen LogP contribution < -0.4 is 21.3 Å². The highest BCUT2D eigenvalue weighted by Gasteiger charge is 2.22. The van der Waals surface area contributed by atoms with E-state index in [4.69, 9.17) is 16.3 Å². The van der Waals surface area contributed by atoms with Gasteiger partial charge in [-0.1, -0.05) is 11.6 Å². The predicted octanol–water partition coefficient (Wildman–Crippen LogP) is 0.402. The number of aliphatic hydroxyl groups is 1. The predicted molar refractivity (Wildman–Crippen MR) is 109 cm³/mol. The summed E-state index contributed by atoms with van der Waals surface area (Å²) >= 11 is 5.82. The summed E-state index contributed by atoms with van der Waals surface area (Å²) in [7, 11) is 1.42. The molecule has 2 unspecified atom stereocenters. The summed E-state index contributed by atoms with van der Waals surface area (Å²) < 4.78 is 7.97. The lowest BCUT2D eigenvalue weighted by atomic mass is 10.3. The number of carbonyl (C=O) groups is 1. The fraction of sp³-hybridized carbons (Fsp3) is 0.333. The molecule has 11 nitrogen and oxygen atoms in total. The number of fused-ring (bicyclic) bond motifs is 1. The van der Waals surface area contributed by atoms with Crippen LogP contribution in [-0.4, -0.2) is 54.0 Å². The first-order chi connectivity index (χ1) is 14.2. The lowest BCUT2D eigenvalue weighted by Crippen LogP contribution is -2.32. The van der Waals surface area contributed by atoms with E-state index in [0.29, 0.717) is 10.8 Å². The standard InChI is InChI=1S/C18H20ClN5O6/c1-9(16(27)28)20-17-21-14-13(15(26)22-18(29)23(14)2)24(17)7-11(25)8-30-12-5-3-10(19)4-6-12/h3-6,9,11,25H,7-8H2,1-2H3,(H,20,21)(H,27,28)(H,22,26,29). The maximum Gasteiger partial charge on any atom is 0.329 e. The average Bonchev–Trinajstić information content (AvgIpc) is 3.04. The monoisotopic (exact) mass is 437 g/mol. The third-order valence-corrected chi connectivity index (χ3v) is 4.62. The van der Waals surface area contributed by atoms with Crippen LogP contribution >= 0.6 is 11.6 Å². The lowest BCUT2D eigenvalue weighted by Gasteiger charge is -2.17. The van der Waals surface area contributed by atoms with Crippen molar-refractivity contribution >= 4 is 34.7 Å². The smallest absolute Gasteiger partial charge is 0.329 e. The van der Waals surface area contributed by atoms with Crippen LogP contribution in [0.3, 0.4) is 0 Å². The summed E-state index contributed by atoms with van der Waals surface area (Å²) in [6, 6.07) is 5.54. The first-order valence-electron chi connectivity index (χ1n) is 8.92. The van der Waals surface area contributed by atoms with E-state index in [9.17, 15) is 24.6 Å². The fourth-order valence-electron chi connectivity index (χ4n) is 2.76. The molecular weight excluding hydrogens is 418 g/mol. The molecule has 3 aromatic rings. The van der Waals surface area contributed by atoms with Gasteiger partial charge in [-0.2, -0.15) is 4.98 Å². The number of carboxylic acid groups (broad SMARTS) is 1. The van der Waals surface area contributed by atoms with Gasteiger partial charge in [0.1, 0.15) is 24.5 Å². The number of aliphatic hydroxyl groups excluding tert-OH is 1. The molecule has 0 radical (unpaired) electrons. The largest absolute Gasteiger partial charge is 0.491 e. The molecule has 2 atom stereocenters. The Kier molecular flexibility index (Phi) is 6.13. The average molecular weight is 438 g/mol. The Morgan fingerprint density at radius 2 is 2.00 bits per heavy atom. The number of aromatic nitrogens is 4. The highest BCUT2D eigenvalue weighted by atomic mass is 35.5. The molecule has 0 fully saturated rings. The molecule has 30 heavy (non-hydrogen) atoms. The van der Waals surface area contributed by atoms with Crippen LogP contribution in [0, 0.1) is 0 Å².